The summed E-state index contributed by atoms with van der Waals surface area (Å²) in [6.45, 7) is 1.94. The van der Waals surface area contributed by atoms with Crippen molar-refractivity contribution < 1.29 is 9.59 Å². The molecule has 0 aromatic rings. The molecule has 1 aliphatic rings. The first-order valence-electron chi connectivity index (χ1n) is 6.28. The Kier molecular flexibility index (Phi) is 5.77. The number of hydrogen-bond acceptors (Lipinski definition) is 4. The van der Waals surface area contributed by atoms with Gasteiger partial charge in [0.15, 0.2) is 0 Å². The summed E-state index contributed by atoms with van der Waals surface area (Å²) in [5.41, 5.74) is 16.1. The molecular weight excluding hydrogens is 248 g/mol. The van der Waals surface area contributed by atoms with Gasteiger partial charge >= 0.3 is 12.1 Å². The Hall–Kier alpha value is -2.12. The zero-order chi connectivity index (χ0) is 14.3. The van der Waals surface area contributed by atoms with Crippen molar-refractivity contribution in [2.24, 2.45) is 27.6 Å². The standard InChI is InChI=1S/C11H20N6O2/c1-2-8(14-16-10(12)18)7-5-3-4-6-9(7)15-17-11(13)19/h7H,2-6H2,1H3,(H3,12,16,18)(H3,13,17,19)/b14-8-,15-9-/t7-/m1/s1. The van der Waals surface area contributed by atoms with Crippen LogP contribution in [0.25, 0.3) is 0 Å². The van der Waals surface area contributed by atoms with Gasteiger partial charge in [0.25, 0.3) is 0 Å². The summed E-state index contributed by atoms with van der Waals surface area (Å²) in [7, 11) is 0. The van der Waals surface area contributed by atoms with Gasteiger partial charge in [-0.1, -0.05) is 13.3 Å². The van der Waals surface area contributed by atoms with Gasteiger partial charge in [0.2, 0.25) is 0 Å². The Morgan fingerprint density at radius 3 is 2.53 bits per heavy atom. The molecule has 1 fully saturated rings. The third-order valence-corrected chi connectivity index (χ3v) is 2.96. The summed E-state index contributed by atoms with van der Waals surface area (Å²) in [4.78, 5) is 21.4. The van der Waals surface area contributed by atoms with E-state index in [1.807, 2.05) is 6.92 Å². The molecule has 0 aromatic carbocycles. The summed E-state index contributed by atoms with van der Waals surface area (Å²) in [5, 5.41) is 8.04. The van der Waals surface area contributed by atoms with Crippen LogP contribution in [0.4, 0.5) is 9.59 Å². The number of amides is 4. The lowest BCUT2D eigenvalue weighted by atomic mass is 9.83. The highest BCUT2D eigenvalue weighted by Crippen LogP contribution is 2.24. The minimum absolute atomic E-state index is 0.0115. The summed E-state index contributed by atoms with van der Waals surface area (Å²) < 4.78 is 0. The van der Waals surface area contributed by atoms with Crippen LogP contribution in [0.2, 0.25) is 0 Å². The van der Waals surface area contributed by atoms with Crippen molar-refractivity contribution >= 4 is 23.5 Å². The minimum Gasteiger partial charge on any atom is -0.350 e. The van der Waals surface area contributed by atoms with Gasteiger partial charge in [-0.05, 0) is 25.7 Å². The summed E-state index contributed by atoms with van der Waals surface area (Å²) in [6, 6.07) is -1.39. The van der Waals surface area contributed by atoms with Crippen molar-refractivity contribution in [3.63, 3.8) is 0 Å². The number of hydrogen-bond donors (Lipinski definition) is 4. The Balaban J connectivity index is 2.84. The fourth-order valence-corrected chi connectivity index (χ4v) is 2.15. The summed E-state index contributed by atoms with van der Waals surface area (Å²) in [6.07, 6.45) is 4.39. The lowest BCUT2D eigenvalue weighted by Crippen LogP contribution is -2.34. The van der Waals surface area contributed by atoms with Crippen molar-refractivity contribution in [3.8, 4) is 0 Å². The van der Waals surface area contributed by atoms with E-state index in [1.165, 1.54) is 0 Å². The van der Waals surface area contributed by atoms with Gasteiger partial charge in [0.1, 0.15) is 0 Å². The highest BCUT2D eigenvalue weighted by molar-refractivity contribution is 6.08. The lowest BCUT2D eigenvalue weighted by Gasteiger charge is -2.24. The van der Waals surface area contributed by atoms with Crippen LogP contribution in [0.3, 0.4) is 0 Å². The fraction of sp³-hybridized carbons (Fsp3) is 0.636. The van der Waals surface area contributed by atoms with Crippen molar-refractivity contribution in [1.29, 1.82) is 0 Å². The smallest absolute Gasteiger partial charge is 0.332 e. The van der Waals surface area contributed by atoms with E-state index in [9.17, 15) is 9.59 Å². The minimum atomic E-state index is -0.699. The molecule has 4 amide bonds. The monoisotopic (exact) mass is 268 g/mol. The molecule has 1 rings (SSSR count). The van der Waals surface area contributed by atoms with Crippen molar-refractivity contribution in [3.05, 3.63) is 0 Å². The molecular formula is C11H20N6O2. The first kappa shape index (κ1) is 14.9. The van der Waals surface area contributed by atoms with Gasteiger partial charge in [0, 0.05) is 17.3 Å². The molecule has 0 saturated heterocycles. The van der Waals surface area contributed by atoms with Crippen LogP contribution in [0.1, 0.15) is 39.0 Å². The number of nitrogens with one attached hydrogen (secondary N) is 2. The molecule has 0 radical (unpaired) electrons. The number of urea groups is 2. The summed E-state index contributed by atoms with van der Waals surface area (Å²) in [5.74, 6) is 0.0115. The molecule has 0 aromatic heterocycles. The number of carbonyl (C=O) groups excluding carboxylic acids is 2. The van der Waals surface area contributed by atoms with E-state index in [0.29, 0.717) is 6.42 Å². The number of rotatable bonds is 4. The molecule has 8 nitrogen and oxygen atoms in total. The van der Waals surface area contributed by atoms with E-state index in [4.69, 9.17) is 11.5 Å². The average molecular weight is 268 g/mol. The van der Waals surface area contributed by atoms with Crippen LogP contribution in [0.15, 0.2) is 10.2 Å². The van der Waals surface area contributed by atoms with Gasteiger partial charge in [0.05, 0.1) is 0 Å². The fourth-order valence-electron chi connectivity index (χ4n) is 2.15. The molecule has 0 unspecified atom stereocenters. The van der Waals surface area contributed by atoms with E-state index >= 15 is 0 Å². The SMILES string of the molecule is CC/C(=N/NC(N)=O)[C@H]1CCCC/C1=N/NC(N)=O. The van der Waals surface area contributed by atoms with Crippen LogP contribution >= 0.6 is 0 Å². The third kappa shape index (κ3) is 4.94. The normalized spacial score (nSPS) is 22.1. The number of hydrazone groups is 2. The molecule has 0 heterocycles. The predicted molar refractivity (Wildman–Crippen MR) is 72.6 cm³/mol. The van der Waals surface area contributed by atoms with Crippen LogP contribution in [0, 0.1) is 5.92 Å². The molecule has 6 N–H and O–H groups in total. The molecule has 106 valence electrons. The number of primary amides is 2. The maximum Gasteiger partial charge on any atom is 0.332 e. The second kappa shape index (κ2) is 7.34. The van der Waals surface area contributed by atoms with E-state index in [1.54, 1.807) is 0 Å². The van der Waals surface area contributed by atoms with E-state index in [-0.39, 0.29) is 5.92 Å². The summed E-state index contributed by atoms with van der Waals surface area (Å²) >= 11 is 0. The van der Waals surface area contributed by atoms with Gasteiger partial charge in [-0.15, -0.1) is 0 Å². The predicted octanol–water partition coefficient (Wildman–Crippen LogP) is 0.635. The second-order valence-electron chi connectivity index (χ2n) is 4.31. The molecule has 0 spiro atoms. The highest BCUT2D eigenvalue weighted by Gasteiger charge is 2.25. The van der Waals surface area contributed by atoms with Gasteiger partial charge in [-0.2, -0.15) is 10.2 Å². The van der Waals surface area contributed by atoms with Gasteiger partial charge in [-0.3, -0.25) is 0 Å². The molecule has 0 bridgehead atoms. The van der Waals surface area contributed by atoms with Crippen molar-refractivity contribution in [2.45, 2.75) is 39.0 Å². The van der Waals surface area contributed by atoms with Crippen LogP contribution in [-0.2, 0) is 0 Å². The van der Waals surface area contributed by atoms with Crippen molar-refractivity contribution in [2.75, 3.05) is 0 Å². The lowest BCUT2D eigenvalue weighted by molar-refractivity contribution is 0.248. The maximum atomic E-state index is 10.7. The Morgan fingerprint density at radius 1 is 1.26 bits per heavy atom. The van der Waals surface area contributed by atoms with E-state index in [2.05, 4.69) is 21.1 Å². The van der Waals surface area contributed by atoms with Crippen LogP contribution in [0.5, 0.6) is 0 Å². The molecule has 1 atom stereocenters. The maximum absolute atomic E-state index is 10.7. The first-order chi connectivity index (χ1) is 9.04. The number of nitrogens with zero attached hydrogens (tertiary/aromatic N) is 2. The highest BCUT2D eigenvalue weighted by atomic mass is 16.2. The number of carbonyl (C=O) groups is 2. The third-order valence-electron chi connectivity index (χ3n) is 2.96. The van der Waals surface area contributed by atoms with Gasteiger partial charge < -0.3 is 11.5 Å². The van der Waals surface area contributed by atoms with E-state index in [0.717, 1.165) is 37.1 Å². The number of nitrogens with two attached hydrogens (primary N) is 2. The molecule has 1 saturated carbocycles. The van der Waals surface area contributed by atoms with Gasteiger partial charge in [-0.25, -0.2) is 20.4 Å². The second-order valence-corrected chi connectivity index (χ2v) is 4.31. The van der Waals surface area contributed by atoms with Crippen molar-refractivity contribution in [1.82, 2.24) is 10.9 Å². The first-order valence-corrected chi connectivity index (χ1v) is 6.28. The average Bonchev–Trinajstić information content (AvgIpc) is 2.37. The molecule has 19 heavy (non-hydrogen) atoms. The van der Waals surface area contributed by atoms with Crippen LogP contribution < -0.4 is 22.3 Å². The molecule has 8 heteroatoms. The Morgan fingerprint density at radius 2 is 1.95 bits per heavy atom. The quantitative estimate of drug-likeness (QED) is 0.439. The zero-order valence-corrected chi connectivity index (χ0v) is 11.0. The molecule has 0 aliphatic heterocycles. The van der Waals surface area contributed by atoms with E-state index < -0.39 is 12.1 Å². The Bertz CT molecular complexity index is 378. The largest absolute Gasteiger partial charge is 0.350 e. The van der Waals surface area contributed by atoms with Crippen LogP contribution in [-0.4, -0.2) is 23.5 Å². The molecule has 1 aliphatic carbocycles. The topological polar surface area (TPSA) is 135 Å². The zero-order valence-electron chi connectivity index (χ0n) is 11.0. The Labute approximate surface area is 111 Å².